The summed E-state index contributed by atoms with van der Waals surface area (Å²) in [6, 6.07) is 5.99. The molecule has 0 spiro atoms. The molecule has 4 nitrogen and oxygen atoms in total. The monoisotopic (exact) mass is 266 g/mol. The van der Waals surface area contributed by atoms with Crippen LogP contribution in [0.3, 0.4) is 0 Å². The van der Waals surface area contributed by atoms with Crippen LogP contribution in [0.4, 0.5) is 0 Å². The third-order valence-electron chi connectivity index (χ3n) is 1.54. The molecule has 0 fully saturated rings. The zero-order valence-corrected chi connectivity index (χ0v) is 10.7. The van der Waals surface area contributed by atoms with Crippen molar-refractivity contribution in [1.82, 2.24) is 0 Å². The van der Waals surface area contributed by atoms with E-state index in [4.69, 9.17) is 21.3 Å². The van der Waals surface area contributed by atoms with Gasteiger partial charge in [-0.05, 0) is 26.0 Å². The van der Waals surface area contributed by atoms with Crippen molar-refractivity contribution < 1.29 is 18.1 Å². The second kappa shape index (κ2) is 6.85. The lowest BCUT2D eigenvalue weighted by molar-refractivity contribution is 0.219. The molecule has 0 heterocycles. The van der Waals surface area contributed by atoms with E-state index < -0.39 is 10.1 Å². The zero-order chi connectivity index (χ0) is 12.8. The first kappa shape index (κ1) is 15.4. The second-order valence-electron chi connectivity index (χ2n) is 3.29. The van der Waals surface area contributed by atoms with Gasteiger partial charge in [0.25, 0.3) is 10.1 Å². The molecule has 1 atom stereocenters. The molecule has 1 aromatic rings. The van der Waals surface area contributed by atoms with Crippen molar-refractivity contribution in [3.05, 3.63) is 29.8 Å². The first-order valence-corrected chi connectivity index (χ1v) is 6.53. The summed E-state index contributed by atoms with van der Waals surface area (Å²) in [6.45, 7) is 3.49. The van der Waals surface area contributed by atoms with Crippen molar-refractivity contribution in [2.75, 3.05) is 5.88 Å². The smallest absolute Gasteiger partial charge is 0.294 e. The van der Waals surface area contributed by atoms with Crippen molar-refractivity contribution in [3.8, 4) is 0 Å². The highest BCUT2D eigenvalue weighted by Crippen LogP contribution is 2.08. The molecule has 0 saturated carbocycles. The van der Waals surface area contributed by atoms with E-state index in [0.717, 1.165) is 5.56 Å². The van der Waals surface area contributed by atoms with Crippen LogP contribution >= 0.6 is 11.6 Å². The van der Waals surface area contributed by atoms with Gasteiger partial charge in [-0.3, -0.25) is 4.55 Å². The standard InChI is InChI=1S/C7H8O3S.C3H7ClO/c1-6-2-4-7(5-3-6)11(8,9)10;1-3(5)2-4/h2-5H,1H3,(H,8,9,10);3,5H,2H2,1H3. The number of rotatable bonds is 2. The predicted octanol–water partition coefficient (Wildman–Crippen LogP) is 1.85. The fourth-order valence-corrected chi connectivity index (χ4v) is 1.19. The van der Waals surface area contributed by atoms with Crippen LogP contribution in [0.5, 0.6) is 0 Å². The molecule has 2 N–H and O–H groups in total. The van der Waals surface area contributed by atoms with E-state index in [1.54, 1.807) is 19.1 Å². The number of aliphatic hydroxyl groups is 1. The predicted molar refractivity (Wildman–Crippen MR) is 63.4 cm³/mol. The molecule has 1 aromatic carbocycles. The maximum absolute atomic E-state index is 10.5. The summed E-state index contributed by atoms with van der Waals surface area (Å²) in [7, 11) is -4.02. The lowest BCUT2D eigenvalue weighted by Crippen LogP contribution is -1.98. The van der Waals surface area contributed by atoms with Gasteiger partial charge < -0.3 is 5.11 Å². The van der Waals surface area contributed by atoms with E-state index in [1.165, 1.54) is 12.1 Å². The van der Waals surface area contributed by atoms with E-state index in [1.807, 2.05) is 6.92 Å². The van der Waals surface area contributed by atoms with Crippen LogP contribution in [0.2, 0.25) is 0 Å². The largest absolute Gasteiger partial charge is 0.392 e. The highest BCUT2D eigenvalue weighted by Gasteiger charge is 2.06. The Kier molecular flexibility index (Phi) is 6.59. The number of aliphatic hydroxyl groups excluding tert-OH is 1. The van der Waals surface area contributed by atoms with E-state index in [0.29, 0.717) is 5.88 Å². The number of aryl methyl sites for hydroxylation is 1. The Hall–Kier alpha value is -0.620. The Balaban J connectivity index is 0.000000385. The molecule has 92 valence electrons. The van der Waals surface area contributed by atoms with Crippen LogP contribution in [0.1, 0.15) is 12.5 Å². The molecule has 0 aliphatic rings. The number of alkyl halides is 1. The number of hydrogen-bond acceptors (Lipinski definition) is 3. The van der Waals surface area contributed by atoms with Gasteiger partial charge in [-0.1, -0.05) is 17.7 Å². The lowest BCUT2D eigenvalue weighted by Gasteiger charge is -1.95. The highest BCUT2D eigenvalue weighted by molar-refractivity contribution is 7.85. The van der Waals surface area contributed by atoms with E-state index in [2.05, 4.69) is 0 Å². The van der Waals surface area contributed by atoms with Gasteiger partial charge in [0.15, 0.2) is 0 Å². The summed E-state index contributed by atoms with van der Waals surface area (Å²) in [5.41, 5.74) is 0.956. The molecule has 0 aliphatic heterocycles. The Morgan fingerprint density at radius 2 is 1.69 bits per heavy atom. The lowest BCUT2D eigenvalue weighted by atomic mass is 10.2. The van der Waals surface area contributed by atoms with Gasteiger partial charge in [0.2, 0.25) is 0 Å². The first-order chi connectivity index (χ1) is 7.27. The average Bonchev–Trinajstić information content (AvgIpc) is 2.18. The molecular weight excluding hydrogens is 252 g/mol. The highest BCUT2D eigenvalue weighted by atomic mass is 35.5. The topological polar surface area (TPSA) is 74.6 Å². The van der Waals surface area contributed by atoms with E-state index in [-0.39, 0.29) is 11.0 Å². The Morgan fingerprint density at radius 3 is 1.94 bits per heavy atom. The van der Waals surface area contributed by atoms with Crippen LogP contribution in [0, 0.1) is 6.92 Å². The number of halogens is 1. The Morgan fingerprint density at radius 1 is 1.31 bits per heavy atom. The quantitative estimate of drug-likeness (QED) is 0.633. The molecule has 0 saturated heterocycles. The maximum Gasteiger partial charge on any atom is 0.294 e. The minimum Gasteiger partial charge on any atom is -0.392 e. The van der Waals surface area contributed by atoms with Crippen molar-refractivity contribution in [2.45, 2.75) is 24.8 Å². The van der Waals surface area contributed by atoms with E-state index >= 15 is 0 Å². The van der Waals surface area contributed by atoms with Gasteiger partial charge in [0, 0.05) is 5.88 Å². The Labute approximate surface area is 101 Å². The molecule has 0 aromatic heterocycles. The van der Waals surface area contributed by atoms with Gasteiger partial charge >= 0.3 is 0 Å². The fraction of sp³-hybridized carbons (Fsp3) is 0.400. The normalized spacial score (nSPS) is 12.6. The molecule has 6 heteroatoms. The van der Waals surface area contributed by atoms with Crippen LogP contribution in [0.15, 0.2) is 29.2 Å². The van der Waals surface area contributed by atoms with Crippen molar-refractivity contribution >= 4 is 21.7 Å². The summed E-state index contributed by atoms with van der Waals surface area (Å²) in [4.78, 5) is -0.0666. The van der Waals surface area contributed by atoms with Gasteiger partial charge in [-0.25, -0.2) is 0 Å². The van der Waals surface area contributed by atoms with Gasteiger partial charge in [0.1, 0.15) is 0 Å². The molecule has 16 heavy (non-hydrogen) atoms. The Bertz CT molecular complexity index is 397. The summed E-state index contributed by atoms with van der Waals surface area (Å²) >= 11 is 5.09. The van der Waals surface area contributed by atoms with Crippen LogP contribution in [-0.4, -0.2) is 30.1 Å². The van der Waals surface area contributed by atoms with Crippen molar-refractivity contribution in [1.29, 1.82) is 0 Å². The molecular formula is C10H15ClO4S. The van der Waals surface area contributed by atoms with Crippen molar-refractivity contribution in [3.63, 3.8) is 0 Å². The minimum absolute atomic E-state index is 0.0666. The molecule has 1 unspecified atom stereocenters. The summed E-state index contributed by atoms with van der Waals surface area (Å²) in [6.07, 6.45) is -0.350. The molecule has 0 aliphatic carbocycles. The second-order valence-corrected chi connectivity index (χ2v) is 5.02. The minimum atomic E-state index is -4.02. The van der Waals surface area contributed by atoms with Crippen LogP contribution < -0.4 is 0 Å². The van der Waals surface area contributed by atoms with E-state index in [9.17, 15) is 8.42 Å². The first-order valence-electron chi connectivity index (χ1n) is 4.55. The van der Waals surface area contributed by atoms with Gasteiger partial charge in [-0.15, -0.1) is 11.6 Å². The molecule has 1 rings (SSSR count). The summed E-state index contributed by atoms with van der Waals surface area (Å²) < 4.78 is 29.6. The third kappa shape index (κ3) is 6.79. The van der Waals surface area contributed by atoms with Gasteiger partial charge in [0.05, 0.1) is 11.0 Å². The number of hydrogen-bond donors (Lipinski definition) is 2. The van der Waals surface area contributed by atoms with Crippen LogP contribution in [-0.2, 0) is 10.1 Å². The zero-order valence-electron chi connectivity index (χ0n) is 9.09. The summed E-state index contributed by atoms with van der Waals surface area (Å²) in [5.74, 6) is 0.333. The molecule has 0 amide bonds. The van der Waals surface area contributed by atoms with Crippen molar-refractivity contribution in [2.24, 2.45) is 0 Å². The molecule has 0 bridgehead atoms. The summed E-state index contributed by atoms with van der Waals surface area (Å²) in [5, 5.41) is 8.23. The maximum atomic E-state index is 10.5. The molecule has 0 radical (unpaired) electrons. The number of benzene rings is 1. The fourth-order valence-electron chi connectivity index (χ4n) is 0.710. The SMILES string of the molecule is CC(O)CCl.Cc1ccc(S(=O)(=O)O)cc1. The van der Waals surface area contributed by atoms with Gasteiger partial charge in [-0.2, -0.15) is 8.42 Å². The average molecular weight is 267 g/mol. The third-order valence-corrected chi connectivity index (χ3v) is 2.86. The van der Waals surface area contributed by atoms with Crippen LogP contribution in [0.25, 0.3) is 0 Å².